The molecule has 1 aromatic carbocycles. The maximum absolute atomic E-state index is 10.8. The Hall–Kier alpha value is -1.71. The van der Waals surface area contributed by atoms with Crippen molar-refractivity contribution in [3.63, 3.8) is 0 Å². The van der Waals surface area contributed by atoms with Crippen LogP contribution in [0.4, 0.5) is 0 Å². The number of methoxy groups -OCH3 is 3. The topological polar surface area (TPSA) is 44.8 Å². The molecule has 1 rings (SSSR count). The van der Waals surface area contributed by atoms with Crippen LogP contribution in [-0.2, 0) is 0 Å². The lowest BCUT2D eigenvalue weighted by atomic mass is 10.2. The number of ether oxygens (including phenoxy) is 3. The molecule has 4 heteroatoms. The summed E-state index contributed by atoms with van der Waals surface area (Å²) in [7, 11) is 4.48. The van der Waals surface area contributed by atoms with E-state index in [1.165, 1.54) is 21.3 Å². The van der Waals surface area contributed by atoms with E-state index in [1.54, 1.807) is 12.1 Å². The lowest BCUT2D eigenvalue weighted by molar-refractivity contribution is 0.111. The number of carbonyl (C=O) groups excluding carboxylic acids is 1. The monoisotopic (exact) mass is 196 g/mol. The molecule has 0 bridgehead atoms. The molecule has 0 aromatic heterocycles. The Morgan fingerprint density at radius 3 is 2.00 bits per heavy atom. The van der Waals surface area contributed by atoms with E-state index < -0.39 is 0 Å². The van der Waals surface area contributed by atoms with E-state index in [9.17, 15) is 4.79 Å². The molecule has 0 heterocycles. The zero-order valence-corrected chi connectivity index (χ0v) is 8.37. The van der Waals surface area contributed by atoms with Gasteiger partial charge in [0.15, 0.2) is 17.8 Å². The summed E-state index contributed by atoms with van der Waals surface area (Å²) in [5.41, 5.74) is 0.356. The zero-order chi connectivity index (χ0) is 10.6. The molecule has 0 fully saturated rings. The normalized spacial score (nSPS) is 9.36. The van der Waals surface area contributed by atoms with Gasteiger partial charge in [-0.1, -0.05) is 0 Å². The molecule has 0 N–H and O–H groups in total. The number of benzene rings is 1. The summed E-state index contributed by atoms with van der Waals surface area (Å²) in [5, 5.41) is 0. The summed E-state index contributed by atoms with van der Waals surface area (Å²) >= 11 is 0. The van der Waals surface area contributed by atoms with E-state index in [4.69, 9.17) is 14.2 Å². The molecule has 0 aliphatic heterocycles. The quantitative estimate of drug-likeness (QED) is 0.685. The molecule has 4 nitrogen and oxygen atoms in total. The summed E-state index contributed by atoms with van der Waals surface area (Å²) < 4.78 is 15.1. The van der Waals surface area contributed by atoms with E-state index in [1.807, 2.05) is 0 Å². The zero-order valence-electron chi connectivity index (χ0n) is 8.37. The molecule has 0 radical (unpaired) electrons. The van der Waals surface area contributed by atoms with Crippen molar-refractivity contribution < 1.29 is 19.0 Å². The predicted octanol–water partition coefficient (Wildman–Crippen LogP) is 1.52. The second-order valence-corrected chi connectivity index (χ2v) is 2.53. The van der Waals surface area contributed by atoms with Gasteiger partial charge in [0.2, 0.25) is 0 Å². The molecule has 0 unspecified atom stereocenters. The van der Waals surface area contributed by atoms with Gasteiger partial charge < -0.3 is 14.2 Å². The second-order valence-electron chi connectivity index (χ2n) is 2.53. The highest BCUT2D eigenvalue weighted by atomic mass is 16.5. The van der Waals surface area contributed by atoms with Crippen LogP contribution in [0.1, 0.15) is 10.4 Å². The highest BCUT2D eigenvalue weighted by Gasteiger charge is 2.14. The summed E-state index contributed by atoms with van der Waals surface area (Å²) in [6, 6.07) is 3.34. The van der Waals surface area contributed by atoms with Gasteiger partial charge in [0.25, 0.3) is 0 Å². The standard InChI is InChI=1S/C10H12O4/c1-12-8-4-5-9(13-2)10(14-3)7(8)6-11/h4-6H,1-3H3. The molecule has 76 valence electrons. The molecule has 0 saturated carbocycles. The third kappa shape index (κ3) is 1.64. The highest BCUT2D eigenvalue weighted by Crippen LogP contribution is 2.35. The van der Waals surface area contributed by atoms with Crippen LogP contribution < -0.4 is 14.2 Å². The van der Waals surface area contributed by atoms with E-state index in [2.05, 4.69) is 0 Å². The second kappa shape index (κ2) is 4.50. The number of carbonyl (C=O) groups is 1. The first-order valence-corrected chi connectivity index (χ1v) is 4.02. The third-order valence-electron chi connectivity index (χ3n) is 1.88. The van der Waals surface area contributed by atoms with Crippen molar-refractivity contribution >= 4 is 6.29 Å². The fourth-order valence-electron chi connectivity index (χ4n) is 1.22. The van der Waals surface area contributed by atoms with Crippen LogP contribution in [0, 0.1) is 0 Å². The lowest BCUT2D eigenvalue weighted by Gasteiger charge is -2.12. The van der Waals surface area contributed by atoms with Gasteiger partial charge in [0.1, 0.15) is 11.3 Å². The predicted molar refractivity (Wildman–Crippen MR) is 51.5 cm³/mol. The van der Waals surface area contributed by atoms with Crippen LogP contribution in [0.2, 0.25) is 0 Å². The van der Waals surface area contributed by atoms with Gasteiger partial charge in [0, 0.05) is 0 Å². The Labute approximate surface area is 82.4 Å². The fourth-order valence-corrected chi connectivity index (χ4v) is 1.22. The average molecular weight is 196 g/mol. The first-order chi connectivity index (χ1) is 6.78. The Morgan fingerprint density at radius 2 is 1.57 bits per heavy atom. The van der Waals surface area contributed by atoms with Gasteiger partial charge in [-0.05, 0) is 12.1 Å². The first kappa shape index (κ1) is 10.4. The van der Waals surface area contributed by atoms with Crippen molar-refractivity contribution in [1.82, 2.24) is 0 Å². The van der Waals surface area contributed by atoms with Crippen LogP contribution in [0.25, 0.3) is 0 Å². The number of hydrogen-bond acceptors (Lipinski definition) is 4. The minimum absolute atomic E-state index is 0.356. The van der Waals surface area contributed by atoms with Gasteiger partial charge in [0.05, 0.1) is 21.3 Å². The van der Waals surface area contributed by atoms with E-state index in [0.29, 0.717) is 29.1 Å². The lowest BCUT2D eigenvalue weighted by Crippen LogP contribution is -1.98. The van der Waals surface area contributed by atoms with Crippen molar-refractivity contribution in [2.24, 2.45) is 0 Å². The van der Waals surface area contributed by atoms with Crippen LogP contribution in [0.3, 0.4) is 0 Å². The Kier molecular flexibility index (Phi) is 3.34. The fraction of sp³-hybridized carbons (Fsp3) is 0.300. The van der Waals surface area contributed by atoms with Gasteiger partial charge in [-0.15, -0.1) is 0 Å². The van der Waals surface area contributed by atoms with Crippen molar-refractivity contribution in [1.29, 1.82) is 0 Å². The average Bonchev–Trinajstić information content (AvgIpc) is 2.26. The maximum Gasteiger partial charge on any atom is 0.175 e. The first-order valence-electron chi connectivity index (χ1n) is 4.02. The smallest absolute Gasteiger partial charge is 0.175 e. The van der Waals surface area contributed by atoms with Crippen LogP contribution in [0.5, 0.6) is 17.2 Å². The molecular formula is C10H12O4. The number of hydrogen-bond donors (Lipinski definition) is 0. The number of rotatable bonds is 4. The van der Waals surface area contributed by atoms with Gasteiger partial charge >= 0.3 is 0 Å². The minimum Gasteiger partial charge on any atom is -0.496 e. The Bertz CT molecular complexity index is 333. The molecular weight excluding hydrogens is 184 g/mol. The van der Waals surface area contributed by atoms with Crippen molar-refractivity contribution in [2.75, 3.05) is 21.3 Å². The molecule has 1 aromatic rings. The van der Waals surface area contributed by atoms with Crippen LogP contribution in [0.15, 0.2) is 12.1 Å². The molecule has 0 spiro atoms. The Morgan fingerprint density at radius 1 is 1.00 bits per heavy atom. The van der Waals surface area contributed by atoms with E-state index in [-0.39, 0.29) is 0 Å². The van der Waals surface area contributed by atoms with Crippen LogP contribution >= 0.6 is 0 Å². The molecule has 0 amide bonds. The molecule has 0 saturated heterocycles. The van der Waals surface area contributed by atoms with Crippen molar-refractivity contribution in [3.8, 4) is 17.2 Å². The Balaban J connectivity index is 3.35. The van der Waals surface area contributed by atoms with Gasteiger partial charge in [-0.3, -0.25) is 4.79 Å². The van der Waals surface area contributed by atoms with Gasteiger partial charge in [-0.2, -0.15) is 0 Å². The van der Waals surface area contributed by atoms with E-state index >= 15 is 0 Å². The van der Waals surface area contributed by atoms with Crippen molar-refractivity contribution in [3.05, 3.63) is 17.7 Å². The largest absolute Gasteiger partial charge is 0.496 e. The summed E-state index contributed by atoms with van der Waals surface area (Å²) in [5.74, 6) is 1.37. The molecule has 14 heavy (non-hydrogen) atoms. The number of aldehydes is 1. The maximum atomic E-state index is 10.8. The molecule has 0 atom stereocenters. The van der Waals surface area contributed by atoms with Crippen LogP contribution in [-0.4, -0.2) is 27.6 Å². The molecule has 0 aliphatic rings. The van der Waals surface area contributed by atoms with Gasteiger partial charge in [-0.25, -0.2) is 0 Å². The third-order valence-corrected chi connectivity index (χ3v) is 1.88. The summed E-state index contributed by atoms with van der Waals surface area (Å²) in [6.07, 6.45) is 0.681. The SMILES string of the molecule is COc1ccc(OC)c(OC)c1C=O. The van der Waals surface area contributed by atoms with Crippen molar-refractivity contribution in [2.45, 2.75) is 0 Å². The summed E-state index contributed by atoms with van der Waals surface area (Å²) in [4.78, 5) is 10.8. The molecule has 0 aliphatic carbocycles. The minimum atomic E-state index is 0.356. The van der Waals surface area contributed by atoms with E-state index in [0.717, 1.165) is 0 Å². The summed E-state index contributed by atoms with van der Waals surface area (Å²) in [6.45, 7) is 0. The highest BCUT2D eigenvalue weighted by molar-refractivity contribution is 5.85.